The van der Waals surface area contributed by atoms with Crippen molar-refractivity contribution in [2.45, 2.75) is 26.8 Å². The highest BCUT2D eigenvalue weighted by molar-refractivity contribution is 5.94. The van der Waals surface area contributed by atoms with Gasteiger partial charge in [-0.25, -0.2) is 4.79 Å². The lowest BCUT2D eigenvalue weighted by atomic mass is 9.86. The lowest BCUT2D eigenvalue weighted by Gasteiger charge is -2.29. The normalized spacial score (nSPS) is 13.0. The Balaban J connectivity index is 2.40. The van der Waals surface area contributed by atoms with Gasteiger partial charge in [-0.2, -0.15) is 4.68 Å². The third-order valence-electron chi connectivity index (χ3n) is 3.12. The fourth-order valence-corrected chi connectivity index (χ4v) is 1.98. The van der Waals surface area contributed by atoms with E-state index >= 15 is 0 Å². The van der Waals surface area contributed by atoms with Gasteiger partial charge in [0, 0.05) is 0 Å². The van der Waals surface area contributed by atoms with Crippen LogP contribution in [0.2, 0.25) is 0 Å². The zero-order valence-electron chi connectivity index (χ0n) is 12.5. The van der Waals surface area contributed by atoms with Crippen LogP contribution in [0.5, 0.6) is 0 Å². The fraction of sp³-hybridized carbons (Fsp3) is 0.429. The van der Waals surface area contributed by atoms with Gasteiger partial charge in [-0.15, -0.1) is 5.10 Å². The van der Waals surface area contributed by atoms with E-state index < -0.39 is 17.6 Å². The Bertz CT molecular complexity index is 672. The van der Waals surface area contributed by atoms with Crippen molar-refractivity contribution in [1.29, 1.82) is 0 Å². The van der Waals surface area contributed by atoms with Crippen LogP contribution in [0.3, 0.4) is 0 Å². The Morgan fingerprint density at radius 2 is 1.95 bits per heavy atom. The third kappa shape index (κ3) is 3.01. The molecule has 0 aliphatic rings. The van der Waals surface area contributed by atoms with Crippen molar-refractivity contribution in [1.82, 2.24) is 20.3 Å². The van der Waals surface area contributed by atoms with Crippen molar-refractivity contribution in [3.05, 3.63) is 24.3 Å². The Hall–Kier alpha value is -2.44. The number of nitrogens with zero attached hydrogens (tertiary/aromatic N) is 3. The number of fused-ring (bicyclic) bond motifs is 1. The number of aromatic nitrogens is 3. The molecule has 0 saturated carbocycles. The van der Waals surface area contributed by atoms with Crippen LogP contribution < -0.4 is 5.32 Å². The van der Waals surface area contributed by atoms with E-state index in [2.05, 4.69) is 20.4 Å². The molecule has 1 atom stereocenters. The van der Waals surface area contributed by atoms with E-state index in [0.29, 0.717) is 11.0 Å². The molecule has 0 unspecified atom stereocenters. The predicted molar refractivity (Wildman–Crippen MR) is 76.9 cm³/mol. The first kappa shape index (κ1) is 15.0. The Labute approximate surface area is 122 Å². The number of hydrogen-bond acceptors (Lipinski definition) is 5. The minimum atomic E-state index is -0.782. The molecule has 0 saturated heterocycles. The van der Waals surface area contributed by atoms with Gasteiger partial charge >= 0.3 is 6.09 Å². The van der Waals surface area contributed by atoms with Crippen molar-refractivity contribution in [2.75, 3.05) is 7.11 Å². The second-order valence-corrected chi connectivity index (χ2v) is 5.76. The molecule has 1 aromatic carbocycles. The van der Waals surface area contributed by atoms with Gasteiger partial charge in [0.1, 0.15) is 11.6 Å². The number of nitrogens with one attached hydrogen (secondary N) is 1. The van der Waals surface area contributed by atoms with Crippen molar-refractivity contribution in [3.63, 3.8) is 0 Å². The highest BCUT2D eigenvalue weighted by atomic mass is 16.5. The van der Waals surface area contributed by atoms with Gasteiger partial charge in [0.15, 0.2) is 0 Å². The minimum Gasteiger partial charge on any atom is -0.453 e. The van der Waals surface area contributed by atoms with E-state index in [9.17, 15) is 9.59 Å². The first-order chi connectivity index (χ1) is 9.84. The van der Waals surface area contributed by atoms with E-state index in [0.717, 1.165) is 0 Å². The maximum Gasteiger partial charge on any atom is 0.407 e. The maximum atomic E-state index is 12.7. The van der Waals surface area contributed by atoms with Gasteiger partial charge in [-0.1, -0.05) is 38.1 Å². The summed E-state index contributed by atoms with van der Waals surface area (Å²) in [5.41, 5.74) is 0.721. The number of methoxy groups -OCH3 is 1. The number of carbonyl (C=O) groups excluding carboxylic acids is 2. The number of amides is 1. The lowest BCUT2D eigenvalue weighted by molar-refractivity contribution is 0.0750. The summed E-state index contributed by atoms with van der Waals surface area (Å²) >= 11 is 0. The summed E-state index contributed by atoms with van der Waals surface area (Å²) in [5.74, 6) is -0.360. The van der Waals surface area contributed by atoms with Crippen molar-refractivity contribution < 1.29 is 14.3 Å². The van der Waals surface area contributed by atoms with Crippen LogP contribution in [0, 0.1) is 5.41 Å². The summed E-state index contributed by atoms with van der Waals surface area (Å²) in [6.07, 6.45) is -0.660. The van der Waals surface area contributed by atoms with Crippen LogP contribution >= 0.6 is 0 Å². The van der Waals surface area contributed by atoms with Crippen LogP contribution in [0.1, 0.15) is 25.6 Å². The largest absolute Gasteiger partial charge is 0.453 e. The van der Waals surface area contributed by atoms with Crippen molar-refractivity contribution in [3.8, 4) is 0 Å². The molecule has 1 N–H and O–H groups in total. The molecule has 1 aromatic heterocycles. The molecule has 0 bridgehead atoms. The summed E-state index contributed by atoms with van der Waals surface area (Å²) < 4.78 is 5.79. The Kier molecular flexibility index (Phi) is 3.93. The standard InChI is InChI=1S/C14H18N4O3/c1-14(2,3)11(15-13(20)21-4)12(19)18-10-8-6-5-7-9(10)16-17-18/h5-8,11H,1-4H3,(H,15,20)/t11-/m1/s1. The number of hydrogen-bond donors (Lipinski definition) is 1. The van der Waals surface area contributed by atoms with Crippen LogP contribution in [-0.4, -0.2) is 40.1 Å². The number of benzene rings is 1. The Morgan fingerprint density at radius 1 is 1.29 bits per heavy atom. The third-order valence-corrected chi connectivity index (χ3v) is 3.12. The molecule has 0 aliphatic carbocycles. The maximum absolute atomic E-state index is 12.7. The van der Waals surface area contributed by atoms with Crippen molar-refractivity contribution in [2.24, 2.45) is 5.41 Å². The highest BCUT2D eigenvalue weighted by Gasteiger charge is 2.35. The van der Waals surface area contributed by atoms with Gasteiger partial charge in [0.25, 0.3) is 5.91 Å². The molecule has 1 amide bonds. The minimum absolute atomic E-state index is 0.360. The molecule has 0 fully saturated rings. The molecular formula is C14H18N4O3. The van der Waals surface area contributed by atoms with E-state index in [4.69, 9.17) is 0 Å². The molecule has 21 heavy (non-hydrogen) atoms. The molecule has 0 radical (unpaired) electrons. The molecule has 112 valence electrons. The molecule has 0 aliphatic heterocycles. The second kappa shape index (κ2) is 5.51. The number of alkyl carbamates (subject to hydrolysis) is 1. The van der Waals surface area contributed by atoms with Gasteiger partial charge in [0.05, 0.1) is 12.6 Å². The topological polar surface area (TPSA) is 86.1 Å². The van der Waals surface area contributed by atoms with Crippen molar-refractivity contribution >= 4 is 23.0 Å². The SMILES string of the molecule is COC(=O)N[C@H](C(=O)n1nnc2ccccc21)C(C)(C)C. The van der Waals surface area contributed by atoms with Gasteiger partial charge in [0.2, 0.25) is 0 Å². The zero-order chi connectivity index (χ0) is 15.6. The summed E-state index contributed by atoms with van der Waals surface area (Å²) in [6, 6.07) is 6.36. The molecule has 7 nitrogen and oxygen atoms in total. The van der Waals surface area contributed by atoms with E-state index in [-0.39, 0.29) is 5.91 Å². The average Bonchev–Trinajstić information content (AvgIpc) is 2.86. The monoisotopic (exact) mass is 290 g/mol. The first-order valence-electron chi connectivity index (χ1n) is 6.53. The summed E-state index contributed by atoms with van der Waals surface area (Å²) in [6.45, 7) is 5.56. The van der Waals surface area contributed by atoms with Gasteiger partial charge < -0.3 is 10.1 Å². The first-order valence-corrected chi connectivity index (χ1v) is 6.53. The quantitative estimate of drug-likeness (QED) is 0.912. The fourth-order valence-electron chi connectivity index (χ4n) is 1.98. The molecule has 2 rings (SSSR count). The van der Waals surface area contributed by atoms with E-state index in [1.807, 2.05) is 26.8 Å². The van der Waals surface area contributed by atoms with Gasteiger partial charge in [-0.3, -0.25) is 4.79 Å². The number of ether oxygens (including phenoxy) is 1. The van der Waals surface area contributed by atoms with Crippen LogP contribution in [0.4, 0.5) is 4.79 Å². The highest BCUT2D eigenvalue weighted by Crippen LogP contribution is 2.22. The van der Waals surface area contributed by atoms with Crippen LogP contribution in [0.25, 0.3) is 11.0 Å². The smallest absolute Gasteiger partial charge is 0.407 e. The molecule has 1 heterocycles. The number of carbonyl (C=O) groups is 2. The summed E-state index contributed by atoms with van der Waals surface area (Å²) in [7, 11) is 1.25. The van der Waals surface area contributed by atoms with E-state index in [1.165, 1.54) is 11.8 Å². The second-order valence-electron chi connectivity index (χ2n) is 5.76. The average molecular weight is 290 g/mol. The number of rotatable bonds is 2. The van der Waals surface area contributed by atoms with Crippen LogP contribution in [0.15, 0.2) is 24.3 Å². The zero-order valence-corrected chi connectivity index (χ0v) is 12.5. The van der Waals surface area contributed by atoms with Crippen LogP contribution in [-0.2, 0) is 4.74 Å². The Morgan fingerprint density at radius 3 is 2.57 bits per heavy atom. The molecule has 2 aromatic rings. The molecular weight excluding hydrogens is 272 g/mol. The van der Waals surface area contributed by atoms with E-state index in [1.54, 1.807) is 18.2 Å². The lowest BCUT2D eigenvalue weighted by Crippen LogP contribution is -2.51. The molecule has 7 heteroatoms. The molecule has 0 spiro atoms. The predicted octanol–water partition coefficient (Wildman–Crippen LogP) is 1.84. The van der Waals surface area contributed by atoms with Gasteiger partial charge in [-0.05, 0) is 17.5 Å². The summed E-state index contributed by atoms with van der Waals surface area (Å²) in [5, 5.41) is 10.4. The number of para-hydroxylation sites is 1. The summed E-state index contributed by atoms with van der Waals surface area (Å²) in [4.78, 5) is 24.2.